The number of carbonyl (C=O) groups excluding carboxylic acids is 2. The third-order valence-electron chi connectivity index (χ3n) is 4.17. The molecule has 0 radical (unpaired) electrons. The van der Waals surface area contributed by atoms with E-state index in [2.05, 4.69) is 4.98 Å². The Morgan fingerprint density at radius 3 is 2.58 bits per heavy atom. The van der Waals surface area contributed by atoms with E-state index < -0.39 is 17.8 Å². The van der Waals surface area contributed by atoms with Crippen molar-refractivity contribution in [2.45, 2.75) is 31.6 Å². The Kier molecular flexibility index (Phi) is 4.99. The molecule has 26 heavy (non-hydrogen) atoms. The molecule has 0 bridgehead atoms. The van der Waals surface area contributed by atoms with Crippen LogP contribution in [-0.2, 0) is 23.9 Å². The molecular weight excluding hydrogens is 367 g/mol. The molecular formula is C17H16F3N3O2S. The molecule has 1 fully saturated rings. The predicted octanol–water partition coefficient (Wildman–Crippen LogP) is 3.56. The molecule has 2 heterocycles. The van der Waals surface area contributed by atoms with Crippen molar-refractivity contribution >= 4 is 23.3 Å². The summed E-state index contributed by atoms with van der Waals surface area (Å²) in [6, 6.07) is 3.94. The van der Waals surface area contributed by atoms with Gasteiger partial charge < -0.3 is 4.90 Å². The summed E-state index contributed by atoms with van der Waals surface area (Å²) in [5, 5.41) is 2.68. The second-order valence-electron chi connectivity index (χ2n) is 6.08. The van der Waals surface area contributed by atoms with Gasteiger partial charge in [-0.3, -0.25) is 9.69 Å². The fourth-order valence-electron chi connectivity index (χ4n) is 2.79. The molecule has 2 aromatic rings. The summed E-state index contributed by atoms with van der Waals surface area (Å²) in [4.78, 5) is 31.1. The molecule has 0 N–H and O–H groups in total. The van der Waals surface area contributed by atoms with Crippen LogP contribution in [0.2, 0.25) is 0 Å². The summed E-state index contributed by atoms with van der Waals surface area (Å²) >= 11 is 1.46. The lowest BCUT2D eigenvalue weighted by molar-refractivity contribution is -0.141. The smallest absolute Gasteiger partial charge is 0.323 e. The summed E-state index contributed by atoms with van der Waals surface area (Å²) in [6.45, 7) is 0.116. The lowest BCUT2D eigenvalue weighted by atomic mass is 9.99. The molecule has 138 valence electrons. The van der Waals surface area contributed by atoms with Crippen LogP contribution in [0.5, 0.6) is 0 Å². The van der Waals surface area contributed by atoms with E-state index in [1.165, 1.54) is 40.3 Å². The zero-order valence-electron chi connectivity index (χ0n) is 13.9. The third kappa shape index (κ3) is 3.87. The van der Waals surface area contributed by atoms with Crippen molar-refractivity contribution in [3.8, 4) is 0 Å². The van der Waals surface area contributed by atoms with E-state index in [0.29, 0.717) is 18.4 Å². The number of rotatable bonds is 4. The molecule has 1 aliphatic rings. The number of urea groups is 1. The van der Waals surface area contributed by atoms with Crippen molar-refractivity contribution in [3.63, 3.8) is 0 Å². The molecule has 9 heteroatoms. The first kappa shape index (κ1) is 18.4. The van der Waals surface area contributed by atoms with Crippen LogP contribution in [0.3, 0.4) is 0 Å². The highest BCUT2D eigenvalue weighted by Gasteiger charge is 2.42. The van der Waals surface area contributed by atoms with Crippen molar-refractivity contribution < 1.29 is 22.8 Å². The van der Waals surface area contributed by atoms with E-state index in [-0.39, 0.29) is 18.5 Å². The van der Waals surface area contributed by atoms with Crippen LogP contribution in [0.15, 0.2) is 35.8 Å². The second-order valence-corrected chi connectivity index (χ2v) is 7.06. The molecule has 1 aliphatic heterocycles. The van der Waals surface area contributed by atoms with Gasteiger partial charge in [0.1, 0.15) is 0 Å². The number of benzene rings is 1. The van der Waals surface area contributed by atoms with Gasteiger partial charge in [0.25, 0.3) is 0 Å². The quantitative estimate of drug-likeness (QED) is 0.759. The summed E-state index contributed by atoms with van der Waals surface area (Å²) in [7, 11) is 1.52. The van der Waals surface area contributed by atoms with Crippen molar-refractivity contribution in [3.05, 3.63) is 52.0 Å². The molecule has 0 aliphatic carbocycles. The minimum Gasteiger partial charge on any atom is -0.323 e. The fraction of sp³-hybridized carbons (Fsp3) is 0.353. The lowest BCUT2D eigenvalue weighted by Gasteiger charge is -2.40. The minimum atomic E-state index is -4.40. The van der Waals surface area contributed by atoms with Gasteiger partial charge in [0.05, 0.1) is 16.6 Å². The molecule has 3 rings (SSSR count). The number of β-lactam (4-membered cyclic amide) rings is 1. The number of hydrogen-bond donors (Lipinski definition) is 0. The van der Waals surface area contributed by atoms with Crippen LogP contribution in [0, 0.1) is 0 Å². The number of likely N-dealkylation sites (tertiary alicyclic amines) is 1. The standard InChI is InChI=1S/C17H16F3N3O2S/c1-22(10-11-2-4-12(5-3-11)17(18,19)20)16(25)23-13(9-15(23)24)8-14-21-6-7-26-14/h2-7,13H,8-10H2,1H3/t13-/m0/s1. The monoisotopic (exact) mass is 383 g/mol. The van der Waals surface area contributed by atoms with Crippen LogP contribution in [0.25, 0.3) is 0 Å². The summed E-state index contributed by atoms with van der Waals surface area (Å²) < 4.78 is 37.8. The van der Waals surface area contributed by atoms with Gasteiger partial charge in [-0.25, -0.2) is 9.78 Å². The average molecular weight is 383 g/mol. The number of thiazole rings is 1. The number of imide groups is 1. The highest BCUT2D eigenvalue weighted by molar-refractivity contribution is 7.09. The Labute approximate surface area is 152 Å². The zero-order valence-corrected chi connectivity index (χ0v) is 14.7. The molecule has 1 aromatic carbocycles. The highest BCUT2D eigenvalue weighted by atomic mass is 32.1. The maximum absolute atomic E-state index is 12.6. The van der Waals surface area contributed by atoms with Gasteiger partial charge in [-0.2, -0.15) is 13.2 Å². The number of aromatic nitrogens is 1. The van der Waals surface area contributed by atoms with E-state index in [1.807, 2.05) is 5.38 Å². The van der Waals surface area contributed by atoms with Crippen LogP contribution in [0.1, 0.15) is 22.6 Å². The van der Waals surface area contributed by atoms with Gasteiger partial charge >= 0.3 is 12.2 Å². The molecule has 3 amide bonds. The predicted molar refractivity (Wildman–Crippen MR) is 89.4 cm³/mol. The Morgan fingerprint density at radius 2 is 2.04 bits per heavy atom. The molecule has 0 unspecified atom stereocenters. The van der Waals surface area contributed by atoms with Crippen molar-refractivity contribution in [2.75, 3.05) is 7.05 Å². The van der Waals surface area contributed by atoms with Crippen LogP contribution in [0.4, 0.5) is 18.0 Å². The first-order valence-corrected chi connectivity index (χ1v) is 8.75. The molecule has 1 atom stereocenters. The second kappa shape index (κ2) is 7.06. The Bertz CT molecular complexity index is 791. The van der Waals surface area contributed by atoms with Crippen molar-refractivity contribution in [2.24, 2.45) is 0 Å². The molecule has 5 nitrogen and oxygen atoms in total. The number of amides is 3. The largest absolute Gasteiger partial charge is 0.416 e. The van der Waals surface area contributed by atoms with E-state index in [1.54, 1.807) is 6.20 Å². The van der Waals surface area contributed by atoms with Gasteiger partial charge in [-0.05, 0) is 17.7 Å². The van der Waals surface area contributed by atoms with E-state index >= 15 is 0 Å². The highest BCUT2D eigenvalue weighted by Crippen LogP contribution is 2.29. The molecule has 0 spiro atoms. The van der Waals surface area contributed by atoms with E-state index in [9.17, 15) is 22.8 Å². The van der Waals surface area contributed by atoms with Crippen molar-refractivity contribution in [1.29, 1.82) is 0 Å². The summed E-state index contributed by atoms with van der Waals surface area (Å²) in [5.74, 6) is -0.254. The molecule has 1 aromatic heterocycles. The summed E-state index contributed by atoms with van der Waals surface area (Å²) in [5.41, 5.74) is -0.185. The molecule has 0 saturated carbocycles. The first-order chi connectivity index (χ1) is 12.3. The zero-order chi connectivity index (χ0) is 18.9. The maximum Gasteiger partial charge on any atom is 0.416 e. The number of hydrogen-bond acceptors (Lipinski definition) is 4. The number of alkyl halides is 3. The lowest BCUT2D eigenvalue weighted by Crippen LogP contribution is -2.59. The third-order valence-corrected chi connectivity index (χ3v) is 4.97. The SMILES string of the molecule is CN(Cc1ccc(C(F)(F)F)cc1)C(=O)N1C(=O)C[C@@H]1Cc1nccs1. The topological polar surface area (TPSA) is 53.5 Å². The van der Waals surface area contributed by atoms with Gasteiger partial charge in [-0.1, -0.05) is 12.1 Å². The Balaban J connectivity index is 1.62. The van der Waals surface area contributed by atoms with Gasteiger partial charge in [0.15, 0.2) is 0 Å². The molecule has 1 saturated heterocycles. The van der Waals surface area contributed by atoms with Crippen LogP contribution in [-0.4, -0.2) is 39.8 Å². The fourth-order valence-corrected chi connectivity index (χ4v) is 3.48. The summed E-state index contributed by atoms with van der Waals surface area (Å²) in [6.07, 6.45) is -1.92. The van der Waals surface area contributed by atoms with Crippen LogP contribution >= 0.6 is 11.3 Å². The van der Waals surface area contributed by atoms with E-state index in [4.69, 9.17) is 0 Å². The van der Waals surface area contributed by atoms with Gasteiger partial charge in [0, 0.05) is 38.0 Å². The van der Waals surface area contributed by atoms with Gasteiger partial charge in [-0.15, -0.1) is 11.3 Å². The Morgan fingerprint density at radius 1 is 1.35 bits per heavy atom. The van der Waals surface area contributed by atoms with E-state index in [0.717, 1.165) is 17.1 Å². The number of carbonyl (C=O) groups is 2. The average Bonchev–Trinajstić information content (AvgIpc) is 3.07. The number of halogens is 3. The van der Waals surface area contributed by atoms with Crippen LogP contribution < -0.4 is 0 Å². The first-order valence-electron chi connectivity index (χ1n) is 7.87. The maximum atomic E-state index is 12.6. The van der Waals surface area contributed by atoms with Crippen molar-refractivity contribution in [1.82, 2.24) is 14.8 Å². The number of nitrogens with zero attached hydrogens (tertiary/aromatic N) is 3. The minimum absolute atomic E-state index is 0.116. The van der Waals surface area contributed by atoms with Gasteiger partial charge in [0.2, 0.25) is 5.91 Å². The Hall–Kier alpha value is -2.42. The normalized spacial score (nSPS) is 17.2.